The summed E-state index contributed by atoms with van der Waals surface area (Å²) < 4.78 is 51.8. The van der Waals surface area contributed by atoms with E-state index in [1.165, 1.54) is 29.2 Å². The molecule has 0 saturated carbocycles. The highest BCUT2D eigenvalue weighted by Gasteiger charge is 2.50. The Hall–Kier alpha value is -3.01. The van der Waals surface area contributed by atoms with Crippen molar-refractivity contribution in [1.29, 1.82) is 0 Å². The van der Waals surface area contributed by atoms with E-state index >= 15 is 0 Å². The largest absolute Gasteiger partial charge is 0.481 e. The van der Waals surface area contributed by atoms with Gasteiger partial charge in [0, 0.05) is 6.07 Å². The first kappa shape index (κ1) is 32.4. The number of ether oxygens (including phenoxy) is 2. The third-order valence-electron chi connectivity index (χ3n) is 6.71. The van der Waals surface area contributed by atoms with Crippen LogP contribution in [0.4, 0.5) is 5.82 Å². The number of phosphoric ester groups is 2. The second-order valence-corrected chi connectivity index (χ2v) is 12.7. The molecule has 3 aromatic heterocycles. The zero-order valence-corrected chi connectivity index (χ0v) is 23.9. The van der Waals surface area contributed by atoms with E-state index in [2.05, 4.69) is 23.8 Å². The Kier molecular flexibility index (Phi) is 9.13. The molecule has 0 bridgehead atoms. The normalized spacial score (nSPS) is 31.6. The number of hydrogen-bond donors (Lipinski definition) is 8. The molecule has 2 aliphatic heterocycles. The summed E-state index contributed by atoms with van der Waals surface area (Å²) >= 11 is 0. The molecule has 3 aromatic rings. The highest BCUT2D eigenvalue weighted by molar-refractivity contribution is 7.61. The van der Waals surface area contributed by atoms with Crippen molar-refractivity contribution in [2.45, 2.75) is 49.1 Å². The van der Waals surface area contributed by atoms with Crippen LogP contribution in [0.25, 0.3) is 11.2 Å². The van der Waals surface area contributed by atoms with Gasteiger partial charge in [0.15, 0.2) is 36.2 Å². The van der Waals surface area contributed by atoms with Crippen LogP contribution < -0.4 is 10.3 Å². The number of imidazole rings is 1. The van der Waals surface area contributed by atoms with E-state index in [-0.39, 0.29) is 22.5 Å². The van der Waals surface area contributed by atoms with Gasteiger partial charge >= 0.3 is 21.6 Å². The molecular weight excluding hydrogens is 638 g/mol. The molecule has 2 fully saturated rings. The van der Waals surface area contributed by atoms with E-state index in [1.54, 1.807) is 0 Å². The number of pyridine rings is 1. The lowest BCUT2D eigenvalue weighted by molar-refractivity contribution is -0.765. The van der Waals surface area contributed by atoms with Gasteiger partial charge in [0.25, 0.3) is 6.23 Å². The van der Waals surface area contributed by atoms with Crippen molar-refractivity contribution in [3.8, 4) is 0 Å². The van der Waals surface area contributed by atoms with Crippen LogP contribution in [0.15, 0.2) is 37.2 Å². The Bertz CT molecular complexity index is 1630. The van der Waals surface area contributed by atoms with Crippen molar-refractivity contribution in [1.82, 2.24) is 19.5 Å². The van der Waals surface area contributed by atoms with E-state index in [9.17, 15) is 44.1 Å². The van der Waals surface area contributed by atoms with Crippen LogP contribution in [0.1, 0.15) is 22.8 Å². The van der Waals surface area contributed by atoms with Gasteiger partial charge in [-0.25, -0.2) is 28.9 Å². The maximum Gasteiger partial charge on any atom is 0.481 e. The molecule has 0 radical (unpaired) electrons. The molecule has 2 saturated heterocycles. The number of carboxylic acids is 1. The first-order valence-corrected chi connectivity index (χ1v) is 15.5. The molecule has 9 N–H and O–H groups in total. The summed E-state index contributed by atoms with van der Waals surface area (Å²) in [5.74, 6) is -1.22. The summed E-state index contributed by atoms with van der Waals surface area (Å²) in [6, 6.07) is 2.63. The second kappa shape index (κ2) is 12.4. The van der Waals surface area contributed by atoms with E-state index < -0.39 is 83.9 Å². The van der Waals surface area contributed by atoms with Gasteiger partial charge in [0.05, 0.1) is 19.5 Å². The highest BCUT2D eigenvalue weighted by Crippen LogP contribution is 2.60. The van der Waals surface area contributed by atoms with Crippen molar-refractivity contribution in [2.24, 2.45) is 0 Å². The van der Waals surface area contributed by atoms with Crippen molar-refractivity contribution in [2.75, 3.05) is 18.9 Å². The number of anilines is 1. The summed E-state index contributed by atoms with van der Waals surface area (Å²) in [4.78, 5) is 43.1. The lowest BCUT2D eigenvalue weighted by Gasteiger charge is -2.20. The molecule has 240 valence electrons. The number of fused-ring (bicyclic) bond motifs is 1. The van der Waals surface area contributed by atoms with E-state index in [0.717, 1.165) is 17.1 Å². The van der Waals surface area contributed by atoms with Gasteiger partial charge in [-0.1, -0.05) is 0 Å². The van der Waals surface area contributed by atoms with E-state index in [4.69, 9.17) is 24.8 Å². The fourth-order valence-corrected chi connectivity index (χ4v) is 6.65. The number of rotatable bonds is 11. The quantitative estimate of drug-likeness (QED) is 0.0780. The minimum absolute atomic E-state index is 0.0464. The van der Waals surface area contributed by atoms with Crippen molar-refractivity contribution in [3.63, 3.8) is 0 Å². The average Bonchev–Trinajstić information content (AvgIpc) is 3.61. The first-order valence-electron chi connectivity index (χ1n) is 12.5. The summed E-state index contributed by atoms with van der Waals surface area (Å²) in [5.41, 5.74) is 5.94. The van der Waals surface area contributed by atoms with Crippen LogP contribution in [0.2, 0.25) is 0 Å². The number of aliphatic hydroxyl groups excluding tert-OH is 4. The van der Waals surface area contributed by atoms with Gasteiger partial charge in [0.1, 0.15) is 47.9 Å². The molecule has 21 nitrogen and oxygen atoms in total. The Morgan fingerprint density at radius 3 is 2.27 bits per heavy atom. The molecule has 44 heavy (non-hydrogen) atoms. The topological polar surface area (TPSA) is 312 Å². The Morgan fingerprint density at radius 2 is 1.61 bits per heavy atom. The molecule has 0 spiro atoms. The number of aromatic carboxylic acids is 1. The summed E-state index contributed by atoms with van der Waals surface area (Å²) in [5, 5.41) is 50.7. The lowest BCUT2D eigenvalue weighted by Crippen LogP contribution is -2.46. The summed E-state index contributed by atoms with van der Waals surface area (Å²) in [6.07, 6.45) is -7.22. The fraction of sp³-hybridized carbons (Fsp3) is 0.476. The van der Waals surface area contributed by atoms with Gasteiger partial charge < -0.3 is 50.5 Å². The molecule has 2 unspecified atom stereocenters. The number of aliphatic hydroxyl groups is 4. The van der Waals surface area contributed by atoms with Crippen LogP contribution >= 0.6 is 15.6 Å². The number of nitrogens with zero attached hydrogens (tertiary/aromatic N) is 5. The van der Waals surface area contributed by atoms with Gasteiger partial charge in [-0.2, -0.15) is 8.88 Å². The highest BCUT2D eigenvalue weighted by atomic mass is 31.3. The third kappa shape index (κ3) is 6.65. The third-order valence-corrected chi connectivity index (χ3v) is 9.31. The molecule has 2 aliphatic rings. The van der Waals surface area contributed by atoms with Crippen LogP contribution in [0.3, 0.4) is 0 Å². The number of phosphoric acid groups is 2. The number of nitrogens with two attached hydrogens (primary N) is 1. The minimum atomic E-state index is -5.38. The van der Waals surface area contributed by atoms with Crippen LogP contribution in [0.5, 0.6) is 0 Å². The van der Waals surface area contributed by atoms with Crippen LogP contribution in [-0.2, 0) is 32.0 Å². The van der Waals surface area contributed by atoms with E-state index in [1.807, 2.05) is 0 Å². The Labute approximate surface area is 245 Å². The number of aromatic nitrogens is 5. The fourth-order valence-electron chi connectivity index (χ4n) is 4.56. The summed E-state index contributed by atoms with van der Waals surface area (Å²) in [7, 11) is -10.8. The maximum absolute atomic E-state index is 12.4. The maximum atomic E-state index is 12.4. The number of hydrogen-bond acceptors (Lipinski definition) is 16. The molecule has 0 aromatic carbocycles. The molecular formula is C21H27N6O15P2+. The molecule has 0 aliphatic carbocycles. The monoisotopic (exact) mass is 665 g/mol. The van der Waals surface area contributed by atoms with Crippen molar-refractivity contribution < 1.29 is 76.6 Å². The van der Waals surface area contributed by atoms with Crippen LogP contribution in [-0.4, -0.2) is 111 Å². The smallest absolute Gasteiger partial charge is 0.477 e. The Balaban J connectivity index is 1.16. The van der Waals surface area contributed by atoms with Gasteiger partial charge in [-0.15, -0.1) is 0 Å². The van der Waals surface area contributed by atoms with Gasteiger partial charge in [-0.05, 0) is 6.07 Å². The number of carboxylic acid groups (broad SMARTS) is 1. The predicted octanol–water partition coefficient (Wildman–Crippen LogP) is -2.42. The summed E-state index contributed by atoms with van der Waals surface area (Å²) in [6.45, 7) is -1.83. The number of nitrogen functional groups attached to an aromatic ring is 1. The molecule has 23 heteroatoms. The van der Waals surface area contributed by atoms with Crippen LogP contribution in [0, 0.1) is 0 Å². The number of carbonyl (C=O) groups is 1. The second-order valence-electron chi connectivity index (χ2n) is 9.63. The standard InChI is InChI=1S/C21H26N6O15P2/c22-17-12-18(24-7-23-17)27(8-25-12)20-16(31)14(29)11(41-20)6-39-44(36,37)42-43(34,35)38-5-10-13(28)15(30)19(40-10)26-3-1-2-9(4-26)21(32)33/h1-4,7-8,10-11,13-16,19-20,28-31H,5-6H2,(H4-,22,23,24,32,33,34,35,36,37)/p+1/t10-,11-,13+,14-,15-,16-,19-,20-/m1/s1. The lowest BCUT2D eigenvalue weighted by atomic mass is 10.1. The zero-order chi connectivity index (χ0) is 32.0. The SMILES string of the molecule is Nc1ncnc2c1ncn2[C@@H]1O[C@H](COP(=O)(O)OP(=O)(O)OC[C@H]2O[C@@H]([n+]3cccc(C(=O)O)c3)[C@H](O)[C@H]2O)[C@@H](O)[C@H]1O. The average molecular weight is 665 g/mol. The molecule has 5 heterocycles. The minimum Gasteiger partial charge on any atom is -0.477 e. The molecule has 0 amide bonds. The molecule has 5 rings (SSSR count). The van der Waals surface area contributed by atoms with Crippen molar-refractivity contribution >= 4 is 38.6 Å². The first-order chi connectivity index (χ1) is 20.7. The van der Waals surface area contributed by atoms with E-state index in [0.29, 0.717) is 0 Å². The predicted molar refractivity (Wildman–Crippen MR) is 138 cm³/mol. The van der Waals surface area contributed by atoms with Gasteiger partial charge in [0.2, 0.25) is 0 Å². The van der Waals surface area contributed by atoms with Gasteiger partial charge in [-0.3, -0.25) is 13.6 Å². The van der Waals surface area contributed by atoms with Crippen molar-refractivity contribution in [3.05, 3.63) is 42.7 Å². The zero-order valence-electron chi connectivity index (χ0n) is 22.1. The Morgan fingerprint density at radius 1 is 0.977 bits per heavy atom. The molecule has 10 atom stereocenters.